The Bertz CT molecular complexity index is 1120. The summed E-state index contributed by atoms with van der Waals surface area (Å²) in [6, 6.07) is 10.3. The van der Waals surface area contributed by atoms with Crippen LogP contribution < -0.4 is 0 Å². The molecule has 0 aromatic heterocycles. The Kier molecular flexibility index (Phi) is 11.2. The van der Waals surface area contributed by atoms with Crippen LogP contribution in [0.4, 0.5) is 0 Å². The number of carbonyl (C=O) groups is 2. The van der Waals surface area contributed by atoms with Crippen molar-refractivity contribution in [2.45, 2.75) is 78.7 Å². The monoisotopic (exact) mass is 517 g/mol. The molecule has 0 fully saturated rings. The molecular weight excluding hydrogens is 474 g/mol. The summed E-state index contributed by atoms with van der Waals surface area (Å²) in [4.78, 5) is 26.2. The third kappa shape index (κ3) is 8.90. The first kappa shape index (κ1) is 29.2. The number of allylic oxidation sites excluding steroid dienone is 5. The highest BCUT2D eigenvalue weighted by Gasteiger charge is 2.31. The number of rotatable bonds is 14. The maximum atomic E-state index is 12.7. The van der Waals surface area contributed by atoms with E-state index in [2.05, 4.69) is 56.4 Å². The second kappa shape index (κ2) is 14.6. The summed E-state index contributed by atoms with van der Waals surface area (Å²) >= 11 is 0. The first-order chi connectivity index (χ1) is 18.2. The van der Waals surface area contributed by atoms with Gasteiger partial charge in [0.25, 0.3) is 0 Å². The van der Waals surface area contributed by atoms with E-state index in [-0.39, 0.29) is 11.7 Å². The average molecular weight is 518 g/mol. The van der Waals surface area contributed by atoms with Crippen LogP contribution in [0.5, 0.6) is 0 Å². The SMILES string of the molecule is CC(=CC=CC(C)CCC=C(C)CC1OC(=O)C(C)=C1O)CCCC1=CCN(CCc2ccccc2)C1=O. The molecule has 204 valence electrons. The standard InChI is InChI=1S/C33H43NO4/c1-24(13-9-15-26(3)23-30-31(35)27(4)33(37)38-30)11-8-12-25(2)14-10-18-29-20-22-34(32(29)36)21-19-28-16-6-5-7-17-28/h5-8,11-12,15-17,20,24,30,35H,9-10,13-14,18-19,21-23H2,1-4H3. The fraction of sp³-hybridized carbons (Fsp3) is 0.455. The van der Waals surface area contributed by atoms with Crippen molar-refractivity contribution in [1.82, 2.24) is 4.90 Å². The molecule has 3 rings (SSSR count). The molecule has 5 heteroatoms. The first-order valence-electron chi connectivity index (χ1n) is 13.9. The Morgan fingerprint density at radius 3 is 2.63 bits per heavy atom. The van der Waals surface area contributed by atoms with Crippen molar-refractivity contribution < 1.29 is 19.4 Å². The van der Waals surface area contributed by atoms with Crippen LogP contribution >= 0.6 is 0 Å². The van der Waals surface area contributed by atoms with Gasteiger partial charge in [-0.15, -0.1) is 0 Å². The maximum absolute atomic E-state index is 12.7. The normalized spacial score (nSPS) is 19.5. The summed E-state index contributed by atoms with van der Waals surface area (Å²) < 4.78 is 5.21. The minimum Gasteiger partial charge on any atom is -0.508 e. The van der Waals surface area contributed by atoms with Crippen LogP contribution in [0.25, 0.3) is 0 Å². The number of esters is 1. The lowest BCUT2D eigenvalue weighted by molar-refractivity contribution is -0.140. The van der Waals surface area contributed by atoms with Crippen molar-refractivity contribution in [2.24, 2.45) is 5.92 Å². The van der Waals surface area contributed by atoms with Crippen LogP contribution in [0.3, 0.4) is 0 Å². The van der Waals surface area contributed by atoms with E-state index in [4.69, 9.17) is 4.74 Å². The summed E-state index contributed by atoms with van der Waals surface area (Å²) in [6.07, 6.45) is 16.5. The molecule has 0 aliphatic carbocycles. The molecular formula is C33H43NO4. The van der Waals surface area contributed by atoms with Crippen LogP contribution in [-0.2, 0) is 20.7 Å². The highest BCUT2D eigenvalue weighted by molar-refractivity contribution is 5.95. The lowest BCUT2D eigenvalue weighted by atomic mass is 10.0. The Morgan fingerprint density at radius 2 is 1.92 bits per heavy atom. The number of aliphatic hydroxyl groups excluding tert-OH is 1. The predicted octanol–water partition coefficient (Wildman–Crippen LogP) is 7.18. The topological polar surface area (TPSA) is 66.8 Å². The second-order valence-electron chi connectivity index (χ2n) is 10.7. The lowest BCUT2D eigenvalue weighted by Gasteiger charge is -2.16. The number of ether oxygens (including phenoxy) is 1. The minimum atomic E-state index is -0.536. The van der Waals surface area contributed by atoms with Crippen molar-refractivity contribution in [3.8, 4) is 0 Å². The Labute approximate surface area is 228 Å². The number of carbonyl (C=O) groups excluding carboxylic acids is 2. The van der Waals surface area contributed by atoms with Crippen LogP contribution in [0.1, 0.15) is 71.8 Å². The van der Waals surface area contributed by atoms with Gasteiger partial charge in [-0.25, -0.2) is 4.79 Å². The molecule has 1 aromatic carbocycles. The van der Waals surface area contributed by atoms with E-state index in [9.17, 15) is 14.7 Å². The Balaban J connectivity index is 1.30. The zero-order valence-corrected chi connectivity index (χ0v) is 23.4. The van der Waals surface area contributed by atoms with Gasteiger partial charge in [-0.05, 0) is 70.8 Å². The first-order valence-corrected chi connectivity index (χ1v) is 13.9. The number of cyclic esters (lactones) is 1. The molecule has 5 nitrogen and oxygen atoms in total. The maximum Gasteiger partial charge on any atom is 0.338 e. The fourth-order valence-corrected chi connectivity index (χ4v) is 4.78. The van der Waals surface area contributed by atoms with E-state index in [0.717, 1.165) is 62.8 Å². The quantitative estimate of drug-likeness (QED) is 0.161. The van der Waals surface area contributed by atoms with E-state index in [0.29, 0.717) is 17.9 Å². The van der Waals surface area contributed by atoms with E-state index in [1.54, 1.807) is 6.92 Å². The number of nitrogens with zero attached hydrogens (tertiary/aromatic N) is 1. The third-order valence-corrected chi connectivity index (χ3v) is 7.34. The summed E-state index contributed by atoms with van der Waals surface area (Å²) in [5.74, 6) is 0.292. The molecule has 0 bridgehead atoms. The van der Waals surface area contributed by atoms with Gasteiger partial charge < -0.3 is 14.7 Å². The van der Waals surface area contributed by atoms with Crippen molar-refractivity contribution >= 4 is 11.9 Å². The van der Waals surface area contributed by atoms with Crippen molar-refractivity contribution in [3.05, 3.63) is 94.3 Å². The van der Waals surface area contributed by atoms with E-state index in [1.807, 2.05) is 30.0 Å². The minimum absolute atomic E-state index is 0.0635. The molecule has 1 amide bonds. The summed E-state index contributed by atoms with van der Waals surface area (Å²) in [7, 11) is 0. The van der Waals surface area contributed by atoms with Crippen LogP contribution in [0, 0.1) is 5.92 Å². The summed E-state index contributed by atoms with van der Waals surface area (Å²) in [5.41, 5.74) is 4.99. The zero-order chi connectivity index (χ0) is 27.5. The van der Waals surface area contributed by atoms with Gasteiger partial charge in [0.15, 0.2) is 6.10 Å². The van der Waals surface area contributed by atoms with Crippen LogP contribution in [0.15, 0.2) is 88.8 Å². The van der Waals surface area contributed by atoms with Gasteiger partial charge in [-0.2, -0.15) is 0 Å². The lowest BCUT2D eigenvalue weighted by Crippen LogP contribution is -2.29. The largest absolute Gasteiger partial charge is 0.508 e. The highest BCUT2D eigenvalue weighted by atomic mass is 16.6. The fourth-order valence-electron chi connectivity index (χ4n) is 4.78. The van der Waals surface area contributed by atoms with Crippen LogP contribution in [-0.4, -0.2) is 41.1 Å². The molecule has 2 heterocycles. The van der Waals surface area contributed by atoms with Gasteiger partial charge in [0.05, 0.1) is 5.57 Å². The molecule has 2 aliphatic heterocycles. The van der Waals surface area contributed by atoms with Crippen molar-refractivity contribution in [1.29, 1.82) is 0 Å². The third-order valence-electron chi connectivity index (χ3n) is 7.34. The number of benzene rings is 1. The number of amides is 1. The molecule has 1 aromatic rings. The van der Waals surface area contributed by atoms with Crippen molar-refractivity contribution in [3.63, 3.8) is 0 Å². The average Bonchev–Trinajstić information content (AvgIpc) is 3.36. The molecule has 0 saturated heterocycles. The number of hydrogen-bond donors (Lipinski definition) is 1. The number of aliphatic hydroxyl groups is 1. The summed E-state index contributed by atoms with van der Waals surface area (Å²) in [6.45, 7) is 9.48. The van der Waals surface area contributed by atoms with Gasteiger partial charge >= 0.3 is 5.97 Å². The van der Waals surface area contributed by atoms with E-state index >= 15 is 0 Å². The highest BCUT2D eigenvalue weighted by Crippen LogP contribution is 2.25. The molecule has 2 aliphatic rings. The predicted molar refractivity (Wildman–Crippen MR) is 154 cm³/mol. The second-order valence-corrected chi connectivity index (χ2v) is 10.7. The van der Waals surface area contributed by atoms with E-state index in [1.165, 1.54) is 11.1 Å². The van der Waals surface area contributed by atoms with Gasteiger partial charge in [-0.1, -0.05) is 78.8 Å². The molecule has 2 atom stereocenters. The van der Waals surface area contributed by atoms with Crippen molar-refractivity contribution in [2.75, 3.05) is 13.1 Å². The van der Waals surface area contributed by atoms with E-state index < -0.39 is 12.1 Å². The molecule has 0 spiro atoms. The van der Waals surface area contributed by atoms with Gasteiger partial charge in [-0.3, -0.25) is 4.79 Å². The molecule has 38 heavy (non-hydrogen) atoms. The van der Waals surface area contributed by atoms with Crippen LogP contribution in [0.2, 0.25) is 0 Å². The zero-order valence-electron chi connectivity index (χ0n) is 23.4. The molecule has 0 saturated carbocycles. The Hall–Kier alpha value is -3.34. The van der Waals surface area contributed by atoms with Gasteiger partial charge in [0, 0.05) is 25.1 Å². The number of hydrogen-bond acceptors (Lipinski definition) is 4. The molecule has 1 N–H and O–H groups in total. The molecule has 0 radical (unpaired) electrons. The smallest absolute Gasteiger partial charge is 0.338 e. The summed E-state index contributed by atoms with van der Waals surface area (Å²) in [5, 5.41) is 9.99. The van der Waals surface area contributed by atoms with Gasteiger partial charge in [0.2, 0.25) is 5.91 Å². The molecule has 2 unspecified atom stereocenters. The van der Waals surface area contributed by atoms with Gasteiger partial charge in [0.1, 0.15) is 5.76 Å². The Morgan fingerprint density at radius 1 is 1.16 bits per heavy atom.